The molecule has 0 saturated carbocycles. The second kappa shape index (κ2) is 6.05. The fraction of sp³-hybridized carbons (Fsp3) is 0.500. The van der Waals surface area contributed by atoms with Gasteiger partial charge in [-0.1, -0.05) is 18.0 Å². The van der Waals surface area contributed by atoms with Crippen LogP contribution in [0, 0.1) is 0 Å². The van der Waals surface area contributed by atoms with Crippen molar-refractivity contribution in [1.29, 1.82) is 0 Å². The lowest BCUT2D eigenvalue weighted by molar-refractivity contribution is 0.0978. The van der Waals surface area contributed by atoms with Crippen LogP contribution in [0.15, 0.2) is 30.5 Å². The highest BCUT2D eigenvalue weighted by Gasteiger charge is 2.33. The second-order valence-corrected chi connectivity index (χ2v) is 6.95. The Kier molecular flexibility index (Phi) is 3.93. The quantitative estimate of drug-likeness (QED) is 0.894. The molecule has 0 amide bonds. The number of anilines is 1. The molecule has 1 aromatic heterocycles. The normalized spacial score (nSPS) is 25.9. The van der Waals surface area contributed by atoms with Gasteiger partial charge in [0, 0.05) is 34.4 Å². The first-order valence-corrected chi connectivity index (χ1v) is 8.74. The van der Waals surface area contributed by atoms with Gasteiger partial charge < -0.3 is 5.32 Å². The predicted octanol–water partition coefficient (Wildman–Crippen LogP) is 4.32. The minimum Gasteiger partial charge on any atom is -0.380 e. The standard InChI is InChI=1S/C18H22ClN3/c19-13-6-7-14-15(8-9-20-17(14)12-13)21-16-4-3-11-22-10-2-1-5-18(16)22/h6-9,12,16,18H,1-5,10-11H2,(H,20,21)/t16-,18+/m0/s1. The number of piperidine rings is 2. The van der Waals surface area contributed by atoms with Crippen LogP contribution in [-0.2, 0) is 0 Å². The van der Waals surface area contributed by atoms with Gasteiger partial charge in [0.15, 0.2) is 0 Å². The van der Waals surface area contributed by atoms with Crippen molar-refractivity contribution in [3.8, 4) is 0 Å². The first kappa shape index (κ1) is 14.3. The smallest absolute Gasteiger partial charge is 0.0737 e. The van der Waals surface area contributed by atoms with E-state index in [1.54, 1.807) is 0 Å². The lowest BCUT2D eigenvalue weighted by Gasteiger charge is -2.44. The van der Waals surface area contributed by atoms with Crippen molar-refractivity contribution in [2.24, 2.45) is 0 Å². The van der Waals surface area contributed by atoms with Gasteiger partial charge in [-0.05, 0) is 63.0 Å². The van der Waals surface area contributed by atoms with Gasteiger partial charge >= 0.3 is 0 Å². The van der Waals surface area contributed by atoms with E-state index < -0.39 is 0 Å². The lowest BCUT2D eigenvalue weighted by Crippen LogP contribution is -2.53. The summed E-state index contributed by atoms with van der Waals surface area (Å²) in [5.41, 5.74) is 2.16. The zero-order valence-electron chi connectivity index (χ0n) is 12.8. The van der Waals surface area contributed by atoms with Crippen LogP contribution in [0.3, 0.4) is 0 Å². The summed E-state index contributed by atoms with van der Waals surface area (Å²) in [4.78, 5) is 7.13. The van der Waals surface area contributed by atoms with E-state index in [9.17, 15) is 0 Å². The van der Waals surface area contributed by atoms with Gasteiger partial charge in [0.1, 0.15) is 0 Å². The van der Waals surface area contributed by atoms with Crippen molar-refractivity contribution < 1.29 is 0 Å². The number of hydrogen-bond acceptors (Lipinski definition) is 3. The van der Waals surface area contributed by atoms with E-state index in [1.165, 1.54) is 56.3 Å². The molecule has 0 spiro atoms. The van der Waals surface area contributed by atoms with E-state index in [0.29, 0.717) is 12.1 Å². The molecular formula is C18H22ClN3. The Bertz CT molecular complexity index is 670. The summed E-state index contributed by atoms with van der Waals surface area (Å²) in [5.74, 6) is 0. The number of nitrogens with one attached hydrogen (secondary N) is 1. The number of nitrogens with zero attached hydrogens (tertiary/aromatic N) is 2. The van der Waals surface area contributed by atoms with Gasteiger partial charge in [-0.3, -0.25) is 9.88 Å². The molecule has 2 fully saturated rings. The Morgan fingerprint density at radius 2 is 2.00 bits per heavy atom. The van der Waals surface area contributed by atoms with E-state index in [4.69, 9.17) is 11.6 Å². The molecule has 0 bridgehead atoms. The van der Waals surface area contributed by atoms with Gasteiger partial charge in [-0.15, -0.1) is 0 Å². The minimum absolute atomic E-state index is 0.551. The third kappa shape index (κ3) is 2.68. The number of hydrogen-bond donors (Lipinski definition) is 1. The molecule has 0 aliphatic carbocycles. The number of halogens is 1. The van der Waals surface area contributed by atoms with E-state index >= 15 is 0 Å². The van der Waals surface area contributed by atoms with Gasteiger partial charge in [0.2, 0.25) is 0 Å². The molecule has 2 atom stereocenters. The van der Waals surface area contributed by atoms with E-state index in [-0.39, 0.29) is 0 Å². The number of benzene rings is 1. The molecule has 3 nitrogen and oxygen atoms in total. The summed E-state index contributed by atoms with van der Waals surface area (Å²) in [6, 6.07) is 9.31. The molecule has 0 radical (unpaired) electrons. The SMILES string of the molecule is Clc1ccc2c(N[C@H]3CCCN4CCCC[C@H]34)ccnc2c1. The fourth-order valence-corrected chi connectivity index (χ4v) is 4.24. The predicted molar refractivity (Wildman–Crippen MR) is 92.6 cm³/mol. The van der Waals surface area contributed by atoms with E-state index in [2.05, 4.69) is 27.3 Å². The van der Waals surface area contributed by atoms with E-state index in [1.807, 2.05) is 18.3 Å². The van der Waals surface area contributed by atoms with Gasteiger partial charge in [0.25, 0.3) is 0 Å². The third-order valence-corrected chi connectivity index (χ3v) is 5.37. The summed E-state index contributed by atoms with van der Waals surface area (Å²) in [6.07, 6.45) is 8.49. The Morgan fingerprint density at radius 1 is 1.09 bits per heavy atom. The molecule has 3 heterocycles. The van der Waals surface area contributed by atoms with Gasteiger partial charge in [-0.2, -0.15) is 0 Å². The Hall–Kier alpha value is -1.32. The zero-order chi connectivity index (χ0) is 14.9. The Balaban J connectivity index is 1.62. The summed E-state index contributed by atoms with van der Waals surface area (Å²) in [6.45, 7) is 2.55. The van der Waals surface area contributed by atoms with Gasteiger partial charge in [0.05, 0.1) is 5.52 Å². The molecule has 0 unspecified atom stereocenters. The number of fused-ring (bicyclic) bond motifs is 2. The molecule has 2 aromatic rings. The Labute approximate surface area is 136 Å². The van der Waals surface area contributed by atoms with Crippen molar-refractivity contribution in [2.45, 2.75) is 44.2 Å². The van der Waals surface area contributed by atoms with Crippen LogP contribution in [0.25, 0.3) is 10.9 Å². The average Bonchev–Trinajstić information content (AvgIpc) is 2.55. The summed E-state index contributed by atoms with van der Waals surface area (Å²) < 4.78 is 0. The zero-order valence-corrected chi connectivity index (χ0v) is 13.5. The maximum atomic E-state index is 6.09. The van der Waals surface area contributed by atoms with Crippen molar-refractivity contribution in [2.75, 3.05) is 18.4 Å². The molecule has 1 aromatic carbocycles. The van der Waals surface area contributed by atoms with Crippen molar-refractivity contribution in [1.82, 2.24) is 9.88 Å². The topological polar surface area (TPSA) is 28.2 Å². The van der Waals surface area contributed by atoms with Crippen molar-refractivity contribution in [3.63, 3.8) is 0 Å². The van der Waals surface area contributed by atoms with E-state index in [0.717, 1.165) is 10.5 Å². The van der Waals surface area contributed by atoms with Crippen LogP contribution in [0.2, 0.25) is 5.02 Å². The molecule has 2 aliphatic rings. The molecule has 1 N–H and O–H groups in total. The van der Waals surface area contributed by atoms with Crippen LogP contribution >= 0.6 is 11.6 Å². The van der Waals surface area contributed by atoms with Crippen molar-refractivity contribution in [3.05, 3.63) is 35.5 Å². The van der Waals surface area contributed by atoms with Gasteiger partial charge in [-0.25, -0.2) is 0 Å². The Morgan fingerprint density at radius 3 is 2.95 bits per heavy atom. The number of rotatable bonds is 2. The van der Waals surface area contributed by atoms with Crippen LogP contribution in [0.1, 0.15) is 32.1 Å². The lowest BCUT2D eigenvalue weighted by atomic mass is 9.88. The first-order valence-electron chi connectivity index (χ1n) is 8.36. The average molecular weight is 316 g/mol. The maximum Gasteiger partial charge on any atom is 0.0737 e. The second-order valence-electron chi connectivity index (χ2n) is 6.51. The fourth-order valence-electron chi connectivity index (χ4n) is 4.07. The highest BCUT2D eigenvalue weighted by atomic mass is 35.5. The first-order chi connectivity index (χ1) is 10.8. The summed E-state index contributed by atoms with van der Waals surface area (Å²) in [5, 5.41) is 5.73. The molecular weight excluding hydrogens is 294 g/mol. The third-order valence-electron chi connectivity index (χ3n) is 5.13. The molecule has 2 saturated heterocycles. The molecule has 22 heavy (non-hydrogen) atoms. The van der Waals surface area contributed by atoms with Crippen LogP contribution in [0.5, 0.6) is 0 Å². The summed E-state index contributed by atoms with van der Waals surface area (Å²) in [7, 11) is 0. The molecule has 4 heteroatoms. The monoisotopic (exact) mass is 315 g/mol. The number of pyridine rings is 1. The van der Waals surface area contributed by atoms with Crippen molar-refractivity contribution >= 4 is 28.2 Å². The summed E-state index contributed by atoms with van der Waals surface area (Å²) >= 11 is 6.09. The molecule has 4 rings (SSSR count). The van der Waals surface area contributed by atoms with Crippen LogP contribution < -0.4 is 5.32 Å². The molecule has 2 aliphatic heterocycles. The minimum atomic E-state index is 0.551. The maximum absolute atomic E-state index is 6.09. The van der Waals surface area contributed by atoms with Crippen LogP contribution in [-0.4, -0.2) is 35.1 Å². The highest BCUT2D eigenvalue weighted by Crippen LogP contribution is 2.31. The highest BCUT2D eigenvalue weighted by molar-refractivity contribution is 6.31. The largest absolute Gasteiger partial charge is 0.380 e. The molecule has 116 valence electrons. The number of aromatic nitrogens is 1. The van der Waals surface area contributed by atoms with Crippen LogP contribution in [0.4, 0.5) is 5.69 Å².